The van der Waals surface area contributed by atoms with Crippen molar-refractivity contribution in [2.75, 3.05) is 18.4 Å². The molecule has 0 radical (unpaired) electrons. The summed E-state index contributed by atoms with van der Waals surface area (Å²) in [4.78, 5) is 27.2. The van der Waals surface area contributed by atoms with E-state index in [0.29, 0.717) is 35.4 Å². The number of hydrogen-bond acceptors (Lipinski definition) is 3. The highest BCUT2D eigenvalue weighted by Crippen LogP contribution is 2.30. The van der Waals surface area contributed by atoms with Crippen LogP contribution >= 0.6 is 23.2 Å². The van der Waals surface area contributed by atoms with E-state index in [-0.39, 0.29) is 23.8 Å². The fraction of sp³-hybridized carbons (Fsp3) is 0.364. The van der Waals surface area contributed by atoms with Gasteiger partial charge in [-0.2, -0.15) is 0 Å². The van der Waals surface area contributed by atoms with Gasteiger partial charge >= 0.3 is 0 Å². The second-order valence-electron chi connectivity index (χ2n) is 7.28. The van der Waals surface area contributed by atoms with Crippen molar-refractivity contribution in [1.29, 1.82) is 0 Å². The number of benzene rings is 2. The molecule has 5 nitrogen and oxygen atoms in total. The standard InChI is InChI=1S/C22H25Cl2N3O2/c1-15(21(28)26-19-9-5-8-18(23)20(19)24)27-12-10-17(11-13-27)22(29)25-14-16-6-3-2-4-7-16/h2-9,15,17H,10-14H2,1H3,(H,25,29)(H,26,28)/t15-/m1/s1. The van der Waals surface area contributed by atoms with E-state index in [9.17, 15) is 9.59 Å². The number of hydrogen-bond donors (Lipinski definition) is 2. The number of likely N-dealkylation sites (tertiary alicyclic amines) is 1. The summed E-state index contributed by atoms with van der Waals surface area (Å²) in [7, 11) is 0. The first-order valence-electron chi connectivity index (χ1n) is 9.76. The molecule has 1 atom stereocenters. The van der Waals surface area contributed by atoms with Crippen LogP contribution in [0.1, 0.15) is 25.3 Å². The van der Waals surface area contributed by atoms with Crippen molar-refractivity contribution >= 4 is 40.7 Å². The van der Waals surface area contributed by atoms with E-state index in [2.05, 4.69) is 15.5 Å². The average Bonchev–Trinajstić information content (AvgIpc) is 2.75. The van der Waals surface area contributed by atoms with Crippen molar-refractivity contribution in [3.05, 3.63) is 64.1 Å². The fourth-order valence-corrected chi connectivity index (χ4v) is 3.83. The number of halogens is 2. The molecule has 29 heavy (non-hydrogen) atoms. The van der Waals surface area contributed by atoms with Gasteiger partial charge in [-0.3, -0.25) is 14.5 Å². The molecule has 3 rings (SSSR count). The molecule has 0 aromatic heterocycles. The lowest BCUT2D eigenvalue weighted by atomic mass is 9.94. The molecule has 1 aliphatic heterocycles. The molecule has 0 spiro atoms. The molecule has 0 aliphatic carbocycles. The first-order chi connectivity index (χ1) is 14.0. The molecule has 1 heterocycles. The maximum Gasteiger partial charge on any atom is 0.241 e. The summed E-state index contributed by atoms with van der Waals surface area (Å²) in [6, 6.07) is 14.7. The first kappa shape index (κ1) is 21.6. The number of amides is 2. The fourth-order valence-electron chi connectivity index (χ4n) is 3.48. The molecule has 2 N–H and O–H groups in total. The molecule has 0 saturated carbocycles. The smallest absolute Gasteiger partial charge is 0.241 e. The van der Waals surface area contributed by atoms with Gasteiger partial charge in [-0.05, 0) is 50.6 Å². The number of anilines is 1. The van der Waals surface area contributed by atoms with Gasteiger partial charge in [-0.25, -0.2) is 0 Å². The Morgan fingerprint density at radius 1 is 1.07 bits per heavy atom. The van der Waals surface area contributed by atoms with Crippen LogP contribution < -0.4 is 10.6 Å². The third kappa shape index (κ3) is 5.72. The zero-order valence-corrected chi connectivity index (χ0v) is 17.8. The molecule has 2 aromatic carbocycles. The largest absolute Gasteiger partial charge is 0.352 e. The highest BCUT2D eigenvalue weighted by molar-refractivity contribution is 6.44. The third-order valence-corrected chi connectivity index (χ3v) is 6.17. The lowest BCUT2D eigenvalue weighted by molar-refractivity contribution is -0.127. The van der Waals surface area contributed by atoms with Gasteiger partial charge in [0.1, 0.15) is 0 Å². The highest BCUT2D eigenvalue weighted by Gasteiger charge is 2.30. The summed E-state index contributed by atoms with van der Waals surface area (Å²) in [6.07, 6.45) is 1.46. The molecule has 7 heteroatoms. The second kappa shape index (κ2) is 10.1. The van der Waals surface area contributed by atoms with E-state index < -0.39 is 0 Å². The van der Waals surface area contributed by atoms with Crippen LogP contribution in [0.5, 0.6) is 0 Å². The van der Waals surface area contributed by atoms with Gasteiger partial charge in [0.25, 0.3) is 0 Å². The quantitative estimate of drug-likeness (QED) is 0.711. The summed E-state index contributed by atoms with van der Waals surface area (Å²) in [6.45, 7) is 3.80. The SMILES string of the molecule is C[C@H](C(=O)Nc1cccc(Cl)c1Cl)N1CCC(C(=O)NCc2ccccc2)CC1. The molecular weight excluding hydrogens is 409 g/mol. The number of nitrogens with zero attached hydrogens (tertiary/aromatic N) is 1. The topological polar surface area (TPSA) is 61.4 Å². The second-order valence-corrected chi connectivity index (χ2v) is 8.07. The minimum atomic E-state index is -0.321. The third-order valence-electron chi connectivity index (χ3n) is 5.35. The normalized spacial score (nSPS) is 16.2. The molecule has 1 aliphatic rings. The van der Waals surface area contributed by atoms with E-state index in [1.165, 1.54) is 0 Å². The van der Waals surface area contributed by atoms with Crippen molar-refractivity contribution in [2.45, 2.75) is 32.4 Å². The van der Waals surface area contributed by atoms with Gasteiger partial charge in [0.05, 0.1) is 21.8 Å². The van der Waals surface area contributed by atoms with Crippen LogP contribution in [0.25, 0.3) is 0 Å². The number of nitrogens with one attached hydrogen (secondary N) is 2. The van der Waals surface area contributed by atoms with Gasteiger partial charge in [0, 0.05) is 12.5 Å². The monoisotopic (exact) mass is 433 g/mol. The zero-order chi connectivity index (χ0) is 20.8. The Hall–Kier alpha value is -2.08. The predicted molar refractivity (Wildman–Crippen MR) is 117 cm³/mol. The number of carbonyl (C=O) groups excluding carboxylic acids is 2. The number of rotatable bonds is 6. The summed E-state index contributed by atoms with van der Waals surface area (Å²) in [5.74, 6) is -0.0786. The summed E-state index contributed by atoms with van der Waals surface area (Å²) in [5.41, 5.74) is 1.59. The summed E-state index contributed by atoms with van der Waals surface area (Å²) < 4.78 is 0. The maximum absolute atomic E-state index is 12.6. The Kier molecular flexibility index (Phi) is 7.53. The molecule has 154 valence electrons. The molecule has 0 unspecified atom stereocenters. The van der Waals surface area contributed by atoms with Crippen molar-refractivity contribution in [3.63, 3.8) is 0 Å². The van der Waals surface area contributed by atoms with Crippen LogP contribution in [0.15, 0.2) is 48.5 Å². The molecule has 0 bridgehead atoms. The van der Waals surface area contributed by atoms with Crippen LogP contribution in [0, 0.1) is 5.92 Å². The zero-order valence-electron chi connectivity index (χ0n) is 16.3. The highest BCUT2D eigenvalue weighted by atomic mass is 35.5. The van der Waals surface area contributed by atoms with Crippen LogP contribution in [-0.4, -0.2) is 35.8 Å². The molecule has 2 amide bonds. The van der Waals surface area contributed by atoms with Gasteiger partial charge in [-0.15, -0.1) is 0 Å². The maximum atomic E-state index is 12.6. The van der Waals surface area contributed by atoms with Gasteiger partial charge < -0.3 is 10.6 Å². The average molecular weight is 434 g/mol. The van der Waals surface area contributed by atoms with Gasteiger partial charge in [0.15, 0.2) is 0 Å². The Morgan fingerprint density at radius 3 is 2.45 bits per heavy atom. The molecule has 2 aromatic rings. The first-order valence-corrected chi connectivity index (χ1v) is 10.5. The predicted octanol–water partition coefficient (Wildman–Crippen LogP) is 4.35. The number of carbonyl (C=O) groups is 2. The summed E-state index contributed by atoms with van der Waals surface area (Å²) in [5, 5.41) is 6.60. The number of piperidine rings is 1. The minimum Gasteiger partial charge on any atom is -0.352 e. The van der Waals surface area contributed by atoms with E-state index in [0.717, 1.165) is 18.4 Å². The Morgan fingerprint density at radius 2 is 1.76 bits per heavy atom. The minimum absolute atomic E-state index is 0.0207. The van der Waals surface area contributed by atoms with Crippen LogP contribution in [-0.2, 0) is 16.1 Å². The lowest BCUT2D eigenvalue weighted by Gasteiger charge is -2.34. The van der Waals surface area contributed by atoms with Crippen molar-refractivity contribution in [3.8, 4) is 0 Å². The molecule has 1 fully saturated rings. The van der Waals surface area contributed by atoms with Crippen LogP contribution in [0.4, 0.5) is 5.69 Å². The Labute approximate surface area is 181 Å². The molecule has 1 saturated heterocycles. The van der Waals surface area contributed by atoms with Gasteiger partial charge in [-0.1, -0.05) is 59.6 Å². The van der Waals surface area contributed by atoms with E-state index >= 15 is 0 Å². The Bertz CT molecular complexity index is 852. The van der Waals surface area contributed by atoms with Crippen molar-refractivity contribution in [2.24, 2.45) is 5.92 Å². The Balaban J connectivity index is 1.47. The molecular formula is C22H25Cl2N3O2. The van der Waals surface area contributed by atoms with E-state index in [1.807, 2.05) is 37.3 Å². The lowest BCUT2D eigenvalue weighted by Crippen LogP contribution is -2.48. The van der Waals surface area contributed by atoms with Gasteiger partial charge in [0.2, 0.25) is 11.8 Å². The van der Waals surface area contributed by atoms with Crippen LogP contribution in [0.2, 0.25) is 10.0 Å². The summed E-state index contributed by atoms with van der Waals surface area (Å²) >= 11 is 12.2. The van der Waals surface area contributed by atoms with E-state index in [1.54, 1.807) is 18.2 Å². The van der Waals surface area contributed by atoms with E-state index in [4.69, 9.17) is 23.2 Å². The van der Waals surface area contributed by atoms with Crippen LogP contribution in [0.3, 0.4) is 0 Å². The van der Waals surface area contributed by atoms with Crippen molar-refractivity contribution < 1.29 is 9.59 Å². The van der Waals surface area contributed by atoms with Crippen molar-refractivity contribution in [1.82, 2.24) is 10.2 Å².